The van der Waals surface area contributed by atoms with Gasteiger partial charge in [-0.25, -0.2) is 4.98 Å². The molecule has 1 heterocycles. The molecule has 0 radical (unpaired) electrons. The lowest BCUT2D eigenvalue weighted by molar-refractivity contribution is 0.518. The Morgan fingerprint density at radius 3 is 2.65 bits per heavy atom. The summed E-state index contributed by atoms with van der Waals surface area (Å²) in [6, 6.07) is 10.8. The molecule has 0 saturated carbocycles. The molecule has 0 aliphatic heterocycles. The summed E-state index contributed by atoms with van der Waals surface area (Å²) in [5.74, 6) is 0.411. The Kier molecular flexibility index (Phi) is 4.91. The zero-order valence-electron chi connectivity index (χ0n) is 12.0. The number of aromatic nitrogens is 2. The normalized spacial score (nSPS) is 12.1. The Morgan fingerprint density at radius 2 is 2.05 bits per heavy atom. The predicted molar refractivity (Wildman–Crippen MR) is 79.6 cm³/mol. The lowest BCUT2D eigenvalue weighted by Gasteiger charge is -2.17. The first kappa shape index (κ1) is 14.3. The fraction of sp³-hybridized carbons (Fsp3) is 0.375. The fourth-order valence-electron chi connectivity index (χ4n) is 2.28. The van der Waals surface area contributed by atoms with E-state index in [2.05, 4.69) is 42.4 Å². The van der Waals surface area contributed by atoms with Crippen LogP contribution in [0.1, 0.15) is 44.1 Å². The average molecular weight is 268 g/mol. The van der Waals surface area contributed by atoms with E-state index in [1.165, 1.54) is 5.56 Å². The molecule has 104 valence electrons. The lowest BCUT2D eigenvalue weighted by atomic mass is 10.0. The van der Waals surface area contributed by atoms with Crippen molar-refractivity contribution < 1.29 is 0 Å². The van der Waals surface area contributed by atoms with Gasteiger partial charge in [-0.2, -0.15) is 5.26 Å². The maximum atomic E-state index is 9.00. The van der Waals surface area contributed by atoms with E-state index in [0.29, 0.717) is 11.9 Å². The van der Waals surface area contributed by atoms with Crippen LogP contribution in [-0.2, 0) is 0 Å². The van der Waals surface area contributed by atoms with E-state index >= 15 is 0 Å². The second-order valence-corrected chi connectivity index (χ2v) is 4.74. The fourth-order valence-corrected chi connectivity index (χ4v) is 2.28. The summed E-state index contributed by atoms with van der Waals surface area (Å²) >= 11 is 0. The SMILES string of the molecule is CCCNC(CC)c1ccc(-n2ccnc2C#N)cc1. The minimum atomic E-state index is 0.391. The monoisotopic (exact) mass is 268 g/mol. The van der Waals surface area contributed by atoms with Gasteiger partial charge in [0.15, 0.2) is 0 Å². The molecule has 1 aromatic carbocycles. The summed E-state index contributed by atoms with van der Waals surface area (Å²) in [7, 11) is 0. The van der Waals surface area contributed by atoms with Crippen molar-refractivity contribution in [1.82, 2.24) is 14.9 Å². The molecule has 0 amide bonds. The van der Waals surface area contributed by atoms with E-state index in [4.69, 9.17) is 5.26 Å². The second-order valence-electron chi connectivity index (χ2n) is 4.74. The predicted octanol–water partition coefficient (Wildman–Crippen LogP) is 3.19. The molecule has 0 aliphatic carbocycles. The maximum Gasteiger partial charge on any atom is 0.217 e. The van der Waals surface area contributed by atoms with Crippen LogP contribution in [0.4, 0.5) is 0 Å². The third-order valence-electron chi connectivity index (χ3n) is 3.36. The molecule has 20 heavy (non-hydrogen) atoms. The Morgan fingerprint density at radius 1 is 1.30 bits per heavy atom. The first-order chi connectivity index (χ1) is 9.80. The molecule has 2 rings (SSSR count). The van der Waals surface area contributed by atoms with Gasteiger partial charge in [0.05, 0.1) is 0 Å². The summed E-state index contributed by atoms with van der Waals surface area (Å²) < 4.78 is 1.80. The van der Waals surface area contributed by atoms with Gasteiger partial charge in [0, 0.05) is 24.1 Å². The summed E-state index contributed by atoms with van der Waals surface area (Å²) in [5.41, 5.74) is 2.25. The van der Waals surface area contributed by atoms with Crippen molar-refractivity contribution in [3.63, 3.8) is 0 Å². The Hall–Kier alpha value is -2.12. The number of nitrogens with one attached hydrogen (secondary N) is 1. The highest BCUT2D eigenvalue weighted by Gasteiger charge is 2.09. The molecule has 1 unspecified atom stereocenters. The second kappa shape index (κ2) is 6.88. The first-order valence-electron chi connectivity index (χ1n) is 7.07. The topological polar surface area (TPSA) is 53.6 Å². The first-order valence-corrected chi connectivity index (χ1v) is 7.07. The average Bonchev–Trinajstić information content (AvgIpc) is 2.97. The molecule has 1 aromatic heterocycles. The standard InChI is InChI=1S/C16H20N4/c1-3-9-18-15(4-2)13-5-7-14(8-6-13)20-11-10-19-16(20)12-17/h5-8,10-11,15,18H,3-4,9H2,1-2H3. The third-order valence-corrected chi connectivity index (χ3v) is 3.36. The van der Waals surface area contributed by atoms with Gasteiger partial charge in [0.25, 0.3) is 0 Å². The van der Waals surface area contributed by atoms with Gasteiger partial charge in [0.1, 0.15) is 6.07 Å². The highest BCUT2D eigenvalue weighted by molar-refractivity contribution is 5.38. The number of rotatable bonds is 6. The Labute approximate surface area is 120 Å². The molecule has 0 spiro atoms. The van der Waals surface area contributed by atoms with Crippen LogP contribution >= 0.6 is 0 Å². The van der Waals surface area contributed by atoms with E-state index in [0.717, 1.165) is 25.1 Å². The van der Waals surface area contributed by atoms with E-state index in [-0.39, 0.29) is 0 Å². The number of imidazole rings is 1. The maximum absolute atomic E-state index is 9.00. The van der Waals surface area contributed by atoms with Crippen LogP contribution in [0.25, 0.3) is 5.69 Å². The lowest BCUT2D eigenvalue weighted by Crippen LogP contribution is -2.21. The molecule has 4 heteroatoms. The van der Waals surface area contributed by atoms with Gasteiger partial charge in [-0.3, -0.25) is 4.57 Å². The molecular formula is C16H20N4. The van der Waals surface area contributed by atoms with Crippen LogP contribution in [0.5, 0.6) is 0 Å². The summed E-state index contributed by atoms with van der Waals surface area (Å²) in [4.78, 5) is 4.01. The van der Waals surface area contributed by atoms with Gasteiger partial charge in [-0.1, -0.05) is 26.0 Å². The van der Waals surface area contributed by atoms with E-state index in [1.54, 1.807) is 17.0 Å². The number of nitriles is 1. The Bertz CT molecular complexity index is 577. The van der Waals surface area contributed by atoms with Crippen molar-refractivity contribution in [3.8, 4) is 11.8 Å². The molecule has 0 saturated heterocycles. The number of hydrogen-bond donors (Lipinski definition) is 1. The molecule has 1 atom stereocenters. The number of benzene rings is 1. The van der Waals surface area contributed by atoms with E-state index in [9.17, 15) is 0 Å². The van der Waals surface area contributed by atoms with E-state index < -0.39 is 0 Å². The van der Waals surface area contributed by atoms with Crippen LogP contribution in [0.15, 0.2) is 36.7 Å². The summed E-state index contributed by atoms with van der Waals surface area (Å²) in [6.07, 6.45) is 5.65. The molecule has 0 aliphatic rings. The molecule has 0 bridgehead atoms. The number of hydrogen-bond acceptors (Lipinski definition) is 3. The van der Waals surface area contributed by atoms with Gasteiger partial charge >= 0.3 is 0 Å². The van der Waals surface area contributed by atoms with Gasteiger partial charge < -0.3 is 5.32 Å². The zero-order chi connectivity index (χ0) is 14.4. The van der Waals surface area contributed by atoms with Crippen molar-refractivity contribution in [2.24, 2.45) is 0 Å². The van der Waals surface area contributed by atoms with Crippen LogP contribution in [0.3, 0.4) is 0 Å². The summed E-state index contributed by atoms with van der Waals surface area (Å²) in [6.45, 7) is 5.39. The molecule has 2 aromatic rings. The van der Waals surface area contributed by atoms with Crippen molar-refractivity contribution in [2.75, 3.05) is 6.54 Å². The number of nitrogens with zero attached hydrogens (tertiary/aromatic N) is 3. The van der Waals surface area contributed by atoms with Crippen LogP contribution in [0.2, 0.25) is 0 Å². The molecular weight excluding hydrogens is 248 g/mol. The van der Waals surface area contributed by atoms with Crippen molar-refractivity contribution >= 4 is 0 Å². The highest BCUT2D eigenvalue weighted by Crippen LogP contribution is 2.19. The minimum absolute atomic E-state index is 0.391. The summed E-state index contributed by atoms with van der Waals surface area (Å²) in [5, 5.41) is 12.5. The largest absolute Gasteiger partial charge is 0.310 e. The molecule has 4 nitrogen and oxygen atoms in total. The minimum Gasteiger partial charge on any atom is -0.310 e. The Balaban J connectivity index is 2.19. The van der Waals surface area contributed by atoms with Crippen LogP contribution in [0, 0.1) is 11.3 Å². The van der Waals surface area contributed by atoms with Gasteiger partial charge in [-0.15, -0.1) is 0 Å². The zero-order valence-corrected chi connectivity index (χ0v) is 12.0. The molecule has 1 N–H and O–H groups in total. The van der Waals surface area contributed by atoms with Crippen LogP contribution in [-0.4, -0.2) is 16.1 Å². The van der Waals surface area contributed by atoms with E-state index in [1.807, 2.05) is 12.1 Å². The van der Waals surface area contributed by atoms with Crippen molar-refractivity contribution in [3.05, 3.63) is 48.0 Å². The quantitative estimate of drug-likeness (QED) is 0.875. The smallest absolute Gasteiger partial charge is 0.217 e. The molecule has 0 fully saturated rings. The van der Waals surface area contributed by atoms with Crippen molar-refractivity contribution in [1.29, 1.82) is 5.26 Å². The van der Waals surface area contributed by atoms with Crippen molar-refractivity contribution in [2.45, 2.75) is 32.7 Å². The highest BCUT2D eigenvalue weighted by atomic mass is 15.1. The van der Waals surface area contributed by atoms with Gasteiger partial charge in [0.2, 0.25) is 5.82 Å². The van der Waals surface area contributed by atoms with Gasteiger partial charge in [-0.05, 0) is 37.1 Å². The van der Waals surface area contributed by atoms with Crippen LogP contribution < -0.4 is 5.32 Å². The third kappa shape index (κ3) is 3.06.